The van der Waals surface area contributed by atoms with E-state index in [1.807, 2.05) is 24.3 Å². The summed E-state index contributed by atoms with van der Waals surface area (Å²) in [6, 6.07) is 7.93. The van der Waals surface area contributed by atoms with Crippen LogP contribution in [-0.4, -0.2) is 25.5 Å². The molecule has 23 heavy (non-hydrogen) atoms. The lowest BCUT2D eigenvalue weighted by Gasteiger charge is -2.19. The number of hydrogen-bond acceptors (Lipinski definition) is 5. The fraction of sp³-hybridized carbons (Fsp3) is 0.556. The SMILES string of the molecule is CCC(OC(=O)OC)OC(=O)C(C)c1ccc(CC(C)C)cc1. The normalized spacial score (nSPS) is 13.3. The fourth-order valence-corrected chi connectivity index (χ4v) is 2.13. The van der Waals surface area contributed by atoms with E-state index in [-0.39, 0.29) is 0 Å². The van der Waals surface area contributed by atoms with Crippen molar-refractivity contribution in [2.24, 2.45) is 5.92 Å². The van der Waals surface area contributed by atoms with Crippen LogP contribution in [0.25, 0.3) is 0 Å². The second-order valence-electron chi connectivity index (χ2n) is 5.91. The number of rotatable bonds is 7. The molecule has 0 radical (unpaired) electrons. The van der Waals surface area contributed by atoms with Gasteiger partial charge in [0.15, 0.2) is 0 Å². The number of esters is 1. The zero-order valence-electron chi connectivity index (χ0n) is 14.5. The van der Waals surface area contributed by atoms with Crippen molar-refractivity contribution in [3.8, 4) is 0 Å². The van der Waals surface area contributed by atoms with Gasteiger partial charge in [-0.05, 0) is 30.4 Å². The van der Waals surface area contributed by atoms with Crippen molar-refractivity contribution in [3.63, 3.8) is 0 Å². The van der Waals surface area contributed by atoms with Gasteiger partial charge in [0.05, 0.1) is 13.0 Å². The first kappa shape index (κ1) is 19.0. The van der Waals surface area contributed by atoms with Gasteiger partial charge in [0.1, 0.15) is 0 Å². The highest BCUT2D eigenvalue weighted by Crippen LogP contribution is 2.20. The van der Waals surface area contributed by atoms with E-state index in [9.17, 15) is 9.59 Å². The number of methoxy groups -OCH3 is 1. The second-order valence-corrected chi connectivity index (χ2v) is 5.91. The molecule has 0 aromatic heterocycles. The van der Waals surface area contributed by atoms with Crippen molar-refractivity contribution in [1.29, 1.82) is 0 Å². The van der Waals surface area contributed by atoms with Gasteiger partial charge in [-0.25, -0.2) is 4.79 Å². The Kier molecular flexibility index (Phi) is 7.59. The minimum absolute atomic E-state index is 0.362. The number of carbonyl (C=O) groups excluding carboxylic acids is 2. The Balaban J connectivity index is 2.66. The molecule has 2 unspecified atom stereocenters. The standard InChI is InChI=1S/C18H26O5/c1-6-16(23-18(20)21-5)22-17(19)13(4)15-9-7-14(8-10-15)11-12(2)3/h7-10,12-13,16H,6,11H2,1-5H3. The van der Waals surface area contributed by atoms with E-state index in [0.29, 0.717) is 12.3 Å². The summed E-state index contributed by atoms with van der Waals surface area (Å²) in [5.41, 5.74) is 2.11. The first-order chi connectivity index (χ1) is 10.9. The average molecular weight is 322 g/mol. The molecule has 0 aliphatic heterocycles. The Morgan fingerprint density at radius 2 is 1.65 bits per heavy atom. The van der Waals surface area contributed by atoms with Gasteiger partial charge >= 0.3 is 12.1 Å². The molecule has 0 aliphatic carbocycles. The largest absolute Gasteiger partial charge is 0.511 e. The summed E-state index contributed by atoms with van der Waals surface area (Å²) in [6.07, 6.45) is -0.432. The monoisotopic (exact) mass is 322 g/mol. The topological polar surface area (TPSA) is 61.8 Å². The zero-order valence-corrected chi connectivity index (χ0v) is 14.5. The minimum Gasteiger partial charge on any atom is -0.438 e. The van der Waals surface area contributed by atoms with Gasteiger partial charge in [-0.15, -0.1) is 0 Å². The summed E-state index contributed by atoms with van der Waals surface area (Å²) in [5, 5.41) is 0. The predicted octanol–water partition coefficient (Wildman–Crippen LogP) is 4.05. The lowest BCUT2D eigenvalue weighted by Crippen LogP contribution is -2.26. The fourth-order valence-electron chi connectivity index (χ4n) is 2.13. The highest BCUT2D eigenvalue weighted by atomic mass is 16.8. The molecular formula is C18H26O5. The zero-order chi connectivity index (χ0) is 17.4. The lowest BCUT2D eigenvalue weighted by molar-refractivity contribution is -0.172. The molecule has 1 aromatic rings. The number of carbonyl (C=O) groups is 2. The summed E-state index contributed by atoms with van der Waals surface area (Å²) in [7, 11) is 1.21. The highest BCUT2D eigenvalue weighted by Gasteiger charge is 2.23. The van der Waals surface area contributed by atoms with Gasteiger partial charge in [-0.2, -0.15) is 0 Å². The molecule has 0 N–H and O–H groups in total. The Morgan fingerprint density at radius 3 is 2.13 bits per heavy atom. The van der Waals surface area contributed by atoms with Crippen LogP contribution in [0.15, 0.2) is 24.3 Å². The molecule has 128 valence electrons. The van der Waals surface area contributed by atoms with E-state index < -0.39 is 24.3 Å². The van der Waals surface area contributed by atoms with E-state index in [2.05, 4.69) is 18.6 Å². The molecular weight excluding hydrogens is 296 g/mol. The molecule has 0 bridgehead atoms. The molecule has 0 aliphatic rings. The molecule has 0 amide bonds. The van der Waals surface area contributed by atoms with Crippen LogP contribution in [0, 0.1) is 5.92 Å². The summed E-state index contributed by atoms with van der Waals surface area (Å²) >= 11 is 0. The predicted molar refractivity (Wildman–Crippen MR) is 87.1 cm³/mol. The third-order valence-electron chi connectivity index (χ3n) is 3.45. The van der Waals surface area contributed by atoms with E-state index in [1.54, 1.807) is 13.8 Å². The van der Waals surface area contributed by atoms with Crippen LogP contribution in [0.4, 0.5) is 4.79 Å². The van der Waals surface area contributed by atoms with Gasteiger partial charge in [0, 0.05) is 6.42 Å². The maximum atomic E-state index is 12.2. The van der Waals surface area contributed by atoms with E-state index >= 15 is 0 Å². The van der Waals surface area contributed by atoms with Crippen molar-refractivity contribution in [2.75, 3.05) is 7.11 Å². The molecule has 0 saturated heterocycles. The van der Waals surface area contributed by atoms with Crippen LogP contribution in [0.5, 0.6) is 0 Å². The Hall–Kier alpha value is -2.04. The van der Waals surface area contributed by atoms with Crippen molar-refractivity contribution < 1.29 is 23.8 Å². The van der Waals surface area contributed by atoms with Gasteiger partial charge in [-0.3, -0.25) is 4.79 Å². The van der Waals surface area contributed by atoms with Crippen molar-refractivity contribution in [2.45, 2.75) is 52.7 Å². The van der Waals surface area contributed by atoms with Crippen molar-refractivity contribution >= 4 is 12.1 Å². The lowest BCUT2D eigenvalue weighted by atomic mass is 9.97. The third kappa shape index (κ3) is 6.30. The Morgan fingerprint density at radius 1 is 1.04 bits per heavy atom. The van der Waals surface area contributed by atoms with Crippen molar-refractivity contribution in [1.82, 2.24) is 0 Å². The van der Waals surface area contributed by atoms with Crippen LogP contribution in [0.1, 0.15) is 51.2 Å². The van der Waals surface area contributed by atoms with Crippen LogP contribution in [0.3, 0.4) is 0 Å². The van der Waals surface area contributed by atoms with Crippen LogP contribution in [0.2, 0.25) is 0 Å². The highest BCUT2D eigenvalue weighted by molar-refractivity contribution is 5.77. The minimum atomic E-state index is -0.933. The summed E-state index contributed by atoms with van der Waals surface area (Å²) in [5.74, 6) is -0.278. The molecule has 1 aromatic carbocycles. The first-order valence-electron chi connectivity index (χ1n) is 7.91. The second kappa shape index (κ2) is 9.18. The van der Waals surface area contributed by atoms with Crippen LogP contribution < -0.4 is 0 Å². The van der Waals surface area contributed by atoms with Gasteiger partial charge in [0.25, 0.3) is 6.29 Å². The summed E-state index contributed by atoms with van der Waals surface area (Å²) < 4.78 is 14.5. The van der Waals surface area contributed by atoms with E-state index in [0.717, 1.165) is 12.0 Å². The molecule has 0 fully saturated rings. The molecule has 0 spiro atoms. The van der Waals surface area contributed by atoms with Gasteiger partial charge in [0.2, 0.25) is 0 Å². The third-order valence-corrected chi connectivity index (χ3v) is 3.45. The van der Waals surface area contributed by atoms with Gasteiger partial charge < -0.3 is 14.2 Å². The maximum absolute atomic E-state index is 12.2. The molecule has 0 saturated carbocycles. The molecule has 1 rings (SSSR count). The maximum Gasteiger partial charge on any atom is 0.511 e. The van der Waals surface area contributed by atoms with E-state index in [4.69, 9.17) is 9.47 Å². The Bertz CT molecular complexity index is 507. The quantitative estimate of drug-likeness (QED) is 0.560. The molecule has 0 heterocycles. The Labute approximate surface area is 137 Å². The van der Waals surface area contributed by atoms with Crippen LogP contribution in [-0.2, 0) is 25.4 Å². The van der Waals surface area contributed by atoms with E-state index in [1.165, 1.54) is 12.7 Å². The molecule has 5 nitrogen and oxygen atoms in total. The molecule has 5 heteroatoms. The number of benzene rings is 1. The van der Waals surface area contributed by atoms with Gasteiger partial charge in [-0.1, -0.05) is 45.0 Å². The molecule has 2 atom stereocenters. The number of ether oxygens (including phenoxy) is 3. The summed E-state index contributed by atoms with van der Waals surface area (Å²) in [6.45, 7) is 7.86. The smallest absolute Gasteiger partial charge is 0.438 e. The summed E-state index contributed by atoms with van der Waals surface area (Å²) in [4.78, 5) is 23.3. The first-order valence-corrected chi connectivity index (χ1v) is 7.91. The van der Waals surface area contributed by atoms with Crippen LogP contribution >= 0.6 is 0 Å². The average Bonchev–Trinajstić information content (AvgIpc) is 2.53. The number of hydrogen-bond donors (Lipinski definition) is 0. The van der Waals surface area contributed by atoms with Crippen molar-refractivity contribution in [3.05, 3.63) is 35.4 Å².